The number of hydrogen-bond acceptors (Lipinski definition) is 4. The summed E-state index contributed by atoms with van der Waals surface area (Å²) in [6.07, 6.45) is 0.813. The van der Waals surface area contributed by atoms with Crippen molar-refractivity contribution in [1.82, 2.24) is 9.80 Å². The molecule has 0 spiro atoms. The number of aliphatic carboxylic acids is 1. The minimum absolute atomic E-state index is 0.185. The van der Waals surface area contributed by atoms with Crippen LogP contribution in [0.2, 0.25) is 0 Å². The molecular formula is C14H22N2O3. The van der Waals surface area contributed by atoms with Gasteiger partial charge in [-0.05, 0) is 13.3 Å². The third-order valence-corrected chi connectivity index (χ3v) is 5.43. The first-order chi connectivity index (χ1) is 8.70. The molecule has 106 valence electrons. The molecule has 4 aliphatic heterocycles. The number of piperidine rings is 2. The van der Waals surface area contributed by atoms with E-state index in [2.05, 4.69) is 30.6 Å². The predicted molar refractivity (Wildman–Crippen MR) is 69.6 cm³/mol. The van der Waals surface area contributed by atoms with Crippen molar-refractivity contribution in [3.05, 3.63) is 0 Å². The number of carbonyl (C=O) groups is 2. The summed E-state index contributed by atoms with van der Waals surface area (Å²) in [4.78, 5) is 28.1. The maximum absolute atomic E-state index is 12.5. The average molecular weight is 266 g/mol. The third-order valence-electron chi connectivity index (χ3n) is 5.43. The van der Waals surface area contributed by atoms with Gasteiger partial charge in [-0.2, -0.15) is 0 Å². The molecule has 4 fully saturated rings. The Bertz CT molecular complexity index is 420. The molecule has 0 saturated carbocycles. The maximum atomic E-state index is 12.5. The lowest BCUT2D eigenvalue weighted by Crippen LogP contribution is -2.82. The summed E-state index contributed by atoms with van der Waals surface area (Å²) in [5, 5.41) is 8.93. The van der Waals surface area contributed by atoms with Gasteiger partial charge in [0.1, 0.15) is 5.78 Å². The van der Waals surface area contributed by atoms with Gasteiger partial charge in [-0.25, -0.2) is 0 Å². The van der Waals surface area contributed by atoms with Gasteiger partial charge in [0.15, 0.2) is 0 Å². The molecule has 0 aromatic rings. The average Bonchev–Trinajstić information content (AvgIpc) is 2.28. The number of Topliss-reactive ketones (excluding diaryl/α,β-unsaturated/α-hetero) is 1. The molecule has 0 aromatic carbocycles. The molecule has 0 aliphatic carbocycles. The highest BCUT2D eigenvalue weighted by molar-refractivity contribution is 5.92. The van der Waals surface area contributed by atoms with Crippen LogP contribution in [0.15, 0.2) is 0 Å². The molecule has 0 aromatic heterocycles. The lowest BCUT2D eigenvalue weighted by atomic mass is 9.60. The first-order valence-electron chi connectivity index (χ1n) is 6.97. The molecule has 0 unspecified atom stereocenters. The molecular weight excluding hydrogens is 244 g/mol. The van der Waals surface area contributed by atoms with Crippen LogP contribution in [0.5, 0.6) is 0 Å². The van der Waals surface area contributed by atoms with Gasteiger partial charge < -0.3 is 5.11 Å². The maximum Gasteiger partial charge on any atom is 0.303 e. The molecule has 1 N–H and O–H groups in total. The molecule has 0 atom stereocenters. The lowest BCUT2D eigenvalue weighted by molar-refractivity contribution is -0.226. The van der Waals surface area contributed by atoms with E-state index in [1.165, 1.54) is 0 Å². The van der Waals surface area contributed by atoms with E-state index in [1.54, 1.807) is 0 Å². The Kier molecular flexibility index (Phi) is 2.46. The fourth-order valence-electron chi connectivity index (χ4n) is 4.45. The van der Waals surface area contributed by atoms with Crippen LogP contribution in [0, 0.1) is 10.8 Å². The molecule has 5 heteroatoms. The number of carbonyl (C=O) groups excluding carboxylic acids is 1. The number of carboxylic acids is 1. The van der Waals surface area contributed by atoms with Crippen molar-refractivity contribution in [1.29, 1.82) is 0 Å². The van der Waals surface area contributed by atoms with Gasteiger partial charge in [-0.1, -0.05) is 13.8 Å². The van der Waals surface area contributed by atoms with E-state index in [4.69, 9.17) is 5.11 Å². The highest BCUT2D eigenvalue weighted by Crippen LogP contribution is 2.52. The van der Waals surface area contributed by atoms with Gasteiger partial charge in [0.2, 0.25) is 0 Å². The molecule has 4 aliphatic rings. The fraction of sp³-hybridized carbons (Fsp3) is 0.857. The van der Waals surface area contributed by atoms with Crippen LogP contribution in [0.4, 0.5) is 0 Å². The van der Waals surface area contributed by atoms with Crippen LogP contribution in [0.3, 0.4) is 0 Å². The Morgan fingerprint density at radius 3 is 1.89 bits per heavy atom. The summed E-state index contributed by atoms with van der Waals surface area (Å²) in [5.74, 6) is -0.348. The van der Waals surface area contributed by atoms with Crippen LogP contribution < -0.4 is 0 Å². The van der Waals surface area contributed by atoms with Gasteiger partial charge in [-0.3, -0.25) is 19.4 Å². The summed E-state index contributed by atoms with van der Waals surface area (Å²) in [6.45, 7) is 9.33. The van der Waals surface area contributed by atoms with Crippen LogP contribution in [-0.4, -0.2) is 58.5 Å². The van der Waals surface area contributed by atoms with Gasteiger partial charge in [0.25, 0.3) is 0 Å². The van der Waals surface area contributed by atoms with Crippen molar-refractivity contribution in [2.24, 2.45) is 10.8 Å². The fourth-order valence-corrected chi connectivity index (χ4v) is 4.45. The standard InChI is InChI=1S/C14H22N2O3/c1-12-6-15-8-13(2,11(12)19)9-16(7-12)14(15,3)5-4-10(17)18/h4-9H2,1-3H3,(H,17,18). The molecule has 0 amide bonds. The Hall–Kier alpha value is -0.940. The number of nitrogens with zero attached hydrogens (tertiary/aromatic N) is 2. The zero-order valence-corrected chi connectivity index (χ0v) is 11.9. The monoisotopic (exact) mass is 266 g/mol. The van der Waals surface area contributed by atoms with E-state index in [0.29, 0.717) is 12.2 Å². The van der Waals surface area contributed by atoms with Crippen molar-refractivity contribution >= 4 is 11.8 Å². The SMILES string of the molecule is CC12CN3CC(C)(CN(C1)C3(C)CCC(=O)O)C2=O. The minimum atomic E-state index is -0.745. The summed E-state index contributed by atoms with van der Waals surface area (Å²) >= 11 is 0. The normalized spacial score (nSPS) is 51.6. The second kappa shape index (κ2) is 3.58. The zero-order valence-electron chi connectivity index (χ0n) is 11.9. The van der Waals surface area contributed by atoms with Crippen LogP contribution in [-0.2, 0) is 9.59 Å². The minimum Gasteiger partial charge on any atom is -0.481 e. The van der Waals surface area contributed by atoms with Crippen molar-refractivity contribution in [3.8, 4) is 0 Å². The molecule has 4 saturated heterocycles. The number of rotatable bonds is 3. The number of ketones is 1. The van der Waals surface area contributed by atoms with E-state index in [-0.39, 0.29) is 22.9 Å². The Balaban J connectivity index is 1.90. The highest BCUT2D eigenvalue weighted by atomic mass is 16.4. The van der Waals surface area contributed by atoms with Crippen molar-refractivity contribution < 1.29 is 14.7 Å². The molecule has 4 bridgehead atoms. The Morgan fingerprint density at radius 1 is 1.11 bits per heavy atom. The number of hydrogen-bond donors (Lipinski definition) is 1. The van der Waals surface area contributed by atoms with E-state index in [1.807, 2.05) is 0 Å². The summed E-state index contributed by atoms with van der Waals surface area (Å²) < 4.78 is 0. The second-order valence-corrected chi connectivity index (χ2v) is 7.27. The largest absolute Gasteiger partial charge is 0.481 e. The van der Waals surface area contributed by atoms with Gasteiger partial charge in [0.05, 0.1) is 16.5 Å². The molecule has 5 nitrogen and oxygen atoms in total. The van der Waals surface area contributed by atoms with E-state index in [9.17, 15) is 9.59 Å². The lowest BCUT2D eigenvalue weighted by Gasteiger charge is -2.69. The van der Waals surface area contributed by atoms with E-state index in [0.717, 1.165) is 26.2 Å². The second-order valence-electron chi connectivity index (χ2n) is 7.27. The summed E-state index contributed by atoms with van der Waals surface area (Å²) in [7, 11) is 0. The summed E-state index contributed by atoms with van der Waals surface area (Å²) in [5.41, 5.74) is -0.736. The third kappa shape index (κ3) is 1.61. The van der Waals surface area contributed by atoms with Crippen molar-refractivity contribution in [2.75, 3.05) is 26.2 Å². The first-order valence-corrected chi connectivity index (χ1v) is 6.97. The zero-order chi connectivity index (χ0) is 14.1. The molecule has 0 radical (unpaired) electrons. The number of carboxylic acid groups (broad SMARTS) is 1. The van der Waals surface area contributed by atoms with Crippen molar-refractivity contribution in [3.63, 3.8) is 0 Å². The Morgan fingerprint density at radius 2 is 1.53 bits per heavy atom. The van der Waals surface area contributed by atoms with Gasteiger partial charge in [-0.15, -0.1) is 0 Å². The van der Waals surface area contributed by atoms with Gasteiger partial charge >= 0.3 is 5.97 Å². The first kappa shape index (κ1) is 13.1. The molecule has 4 heterocycles. The predicted octanol–water partition coefficient (Wildman–Crippen LogP) is 0.794. The quantitative estimate of drug-likeness (QED) is 0.818. The van der Waals surface area contributed by atoms with E-state index >= 15 is 0 Å². The topological polar surface area (TPSA) is 60.9 Å². The van der Waals surface area contributed by atoms with Crippen LogP contribution in [0.25, 0.3) is 0 Å². The molecule has 4 rings (SSSR count). The van der Waals surface area contributed by atoms with E-state index < -0.39 is 5.97 Å². The van der Waals surface area contributed by atoms with Crippen molar-refractivity contribution in [2.45, 2.75) is 39.3 Å². The Labute approximate surface area is 113 Å². The highest BCUT2D eigenvalue weighted by Gasteiger charge is 2.65. The van der Waals surface area contributed by atoms with Crippen LogP contribution >= 0.6 is 0 Å². The van der Waals surface area contributed by atoms with Gasteiger partial charge in [0, 0.05) is 32.6 Å². The van der Waals surface area contributed by atoms with Crippen LogP contribution in [0.1, 0.15) is 33.6 Å². The smallest absolute Gasteiger partial charge is 0.303 e. The summed E-state index contributed by atoms with van der Waals surface area (Å²) in [6, 6.07) is 0. The molecule has 19 heavy (non-hydrogen) atoms.